The lowest BCUT2D eigenvalue weighted by atomic mass is 10.1. The Kier molecular flexibility index (Phi) is 2.88. The number of halogens is 2. The van der Waals surface area contributed by atoms with Gasteiger partial charge < -0.3 is 4.98 Å². The van der Waals surface area contributed by atoms with Crippen LogP contribution in [0.15, 0.2) is 35.1 Å². The number of hydrogen-bond acceptors (Lipinski definition) is 4. The van der Waals surface area contributed by atoms with Crippen LogP contribution in [0.1, 0.15) is 0 Å². The van der Waals surface area contributed by atoms with Gasteiger partial charge in [-0.15, -0.1) is 10.2 Å². The van der Waals surface area contributed by atoms with Gasteiger partial charge in [-0.25, -0.2) is 9.78 Å². The zero-order valence-corrected chi connectivity index (χ0v) is 12.4. The molecule has 2 N–H and O–H groups in total. The van der Waals surface area contributed by atoms with E-state index in [2.05, 4.69) is 25.1 Å². The predicted octanol–water partition coefficient (Wildman–Crippen LogP) is 3.17. The van der Waals surface area contributed by atoms with Gasteiger partial charge in [-0.3, -0.25) is 4.98 Å². The number of fused-ring (bicyclic) bond motifs is 2. The fourth-order valence-electron chi connectivity index (χ4n) is 2.32. The van der Waals surface area contributed by atoms with Crippen LogP contribution in [0.3, 0.4) is 0 Å². The molecule has 108 valence electrons. The molecule has 22 heavy (non-hydrogen) atoms. The van der Waals surface area contributed by atoms with Crippen LogP contribution in [-0.4, -0.2) is 25.1 Å². The molecule has 0 saturated heterocycles. The normalized spacial score (nSPS) is 11.4. The first-order chi connectivity index (χ1) is 10.6. The molecule has 0 spiro atoms. The fraction of sp³-hybridized carbons (Fsp3) is 0. The van der Waals surface area contributed by atoms with Crippen LogP contribution in [0.25, 0.3) is 33.3 Å². The summed E-state index contributed by atoms with van der Waals surface area (Å²) in [7, 11) is 0. The molecule has 0 amide bonds. The minimum absolute atomic E-state index is 0.308. The minimum atomic E-state index is -0.308. The second kappa shape index (κ2) is 4.79. The van der Waals surface area contributed by atoms with Gasteiger partial charge in [-0.05, 0) is 30.3 Å². The van der Waals surface area contributed by atoms with Crippen LogP contribution in [0.4, 0.5) is 0 Å². The molecule has 0 saturated carbocycles. The van der Waals surface area contributed by atoms with E-state index in [-0.39, 0.29) is 5.69 Å². The summed E-state index contributed by atoms with van der Waals surface area (Å²) < 4.78 is 0. The monoisotopic (exact) mass is 331 g/mol. The SMILES string of the molecule is O=c1[nH]c2cc3c(Cl)c(-c4ccc(Cl)nn4)ccc3nc2[nH]1. The fourth-order valence-corrected chi connectivity index (χ4v) is 2.73. The number of imidazole rings is 1. The third-order valence-corrected chi connectivity index (χ3v) is 3.93. The standard InChI is InChI=1S/C14H7Cl2N5O/c15-11-4-3-9(20-21-11)6-1-2-8-7(12(6)16)5-10-13(17-8)19-14(22)18-10/h1-5H,(H2,17,18,19,22). The van der Waals surface area contributed by atoms with E-state index in [9.17, 15) is 4.79 Å². The Balaban J connectivity index is 2.01. The van der Waals surface area contributed by atoms with Gasteiger partial charge in [0.1, 0.15) is 0 Å². The molecule has 0 aliphatic rings. The molecule has 1 aromatic carbocycles. The molecular weight excluding hydrogens is 325 g/mol. The zero-order valence-electron chi connectivity index (χ0n) is 10.9. The van der Waals surface area contributed by atoms with E-state index >= 15 is 0 Å². The summed E-state index contributed by atoms with van der Waals surface area (Å²) in [5.41, 5.74) is 2.79. The van der Waals surface area contributed by atoms with Crippen LogP contribution in [0.5, 0.6) is 0 Å². The van der Waals surface area contributed by atoms with E-state index in [0.29, 0.717) is 32.6 Å². The first-order valence-electron chi connectivity index (χ1n) is 6.33. The van der Waals surface area contributed by atoms with E-state index in [0.717, 1.165) is 10.9 Å². The maximum absolute atomic E-state index is 11.4. The van der Waals surface area contributed by atoms with Crippen LogP contribution < -0.4 is 5.69 Å². The third kappa shape index (κ3) is 2.04. The Hall–Kier alpha value is -2.44. The lowest BCUT2D eigenvalue weighted by molar-refractivity contribution is 1.04. The first kappa shape index (κ1) is 13.2. The number of benzene rings is 1. The highest BCUT2D eigenvalue weighted by atomic mass is 35.5. The molecule has 0 aliphatic carbocycles. The maximum atomic E-state index is 11.4. The number of aromatic amines is 2. The summed E-state index contributed by atoms with van der Waals surface area (Å²) in [5.74, 6) is 0. The molecule has 3 heterocycles. The molecule has 0 radical (unpaired) electrons. The summed E-state index contributed by atoms with van der Waals surface area (Å²) in [6.45, 7) is 0. The van der Waals surface area contributed by atoms with Crippen LogP contribution in [-0.2, 0) is 0 Å². The van der Waals surface area contributed by atoms with E-state index in [1.54, 1.807) is 18.2 Å². The van der Waals surface area contributed by atoms with E-state index in [1.165, 1.54) is 0 Å². The smallest absolute Gasteiger partial charge is 0.304 e. The third-order valence-electron chi connectivity index (χ3n) is 3.32. The molecule has 4 rings (SSSR count). The van der Waals surface area contributed by atoms with Gasteiger partial charge in [0, 0.05) is 10.9 Å². The Bertz CT molecular complexity index is 1070. The van der Waals surface area contributed by atoms with Crippen molar-refractivity contribution in [1.82, 2.24) is 25.1 Å². The van der Waals surface area contributed by atoms with Gasteiger partial charge in [-0.2, -0.15) is 0 Å². The number of pyridine rings is 1. The van der Waals surface area contributed by atoms with Crippen molar-refractivity contribution in [2.24, 2.45) is 0 Å². The molecule has 3 aromatic heterocycles. The van der Waals surface area contributed by atoms with Gasteiger partial charge in [0.25, 0.3) is 0 Å². The number of hydrogen-bond donors (Lipinski definition) is 2. The predicted molar refractivity (Wildman–Crippen MR) is 85.3 cm³/mol. The van der Waals surface area contributed by atoms with Crippen LogP contribution >= 0.6 is 23.2 Å². The summed E-state index contributed by atoms with van der Waals surface area (Å²) in [6.07, 6.45) is 0. The highest BCUT2D eigenvalue weighted by Crippen LogP contribution is 2.33. The molecule has 6 nitrogen and oxygen atoms in total. The Morgan fingerprint density at radius 3 is 2.64 bits per heavy atom. The molecular formula is C14H7Cl2N5O. The molecule has 0 atom stereocenters. The summed E-state index contributed by atoms with van der Waals surface area (Å²) >= 11 is 12.2. The van der Waals surface area contributed by atoms with Crippen molar-refractivity contribution < 1.29 is 0 Å². The first-order valence-corrected chi connectivity index (χ1v) is 7.08. The average Bonchev–Trinajstić information content (AvgIpc) is 2.86. The molecule has 0 unspecified atom stereocenters. The van der Waals surface area contributed by atoms with E-state index < -0.39 is 0 Å². The van der Waals surface area contributed by atoms with Gasteiger partial charge >= 0.3 is 5.69 Å². The second-order valence-electron chi connectivity index (χ2n) is 4.70. The van der Waals surface area contributed by atoms with Crippen molar-refractivity contribution >= 4 is 45.3 Å². The van der Waals surface area contributed by atoms with Gasteiger partial charge in [0.15, 0.2) is 10.8 Å². The number of nitrogens with zero attached hydrogens (tertiary/aromatic N) is 3. The summed E-state index contributed by atoms with van der Waals surface area (Å²) in [5, 5.41) is 9.38. The molecule has 0 aliphatic heterocycles. The quantitative estimate of drug-likeness (QED) is 0.560. The molecule has 0 fully saturated rings. The topological polar surface area (TPSA) is 87.3 Å². The van der Waals surface area contributed by atoms with Gasteiger partial charge in [0.2, 0.25) is 0 Å². The zero-order chi connectivity index (χ0) is 15.3. The highest BCUT2D eigenvalue weighted by Gasteiger charge is 2.12. The number of aromatic nitrogens is 5. The Morgan fingerprint density at radius 2 is 1.86 bits per heavy atom. The lowest BCUT2D eigenvalue weighted by Crippen LogP contribution is -1.99. The number of rotatable bonds is 1. The van der Waals surface area contributed by atoms with Crippen molar-refractivity contribution in [3.8, 4) is 11.3 Å². The minimum Gasteiger partial charge on any atom is -0.304 e. The molecule has 4 aromatic rings. The van der Waals surface area contributed by atoms with Crippen molar-refractivity contribution in [1.29, 1.82) is 0 Å². The van der Waals surface area contributed by atoms with E-state index in [1.807, 2.05) is 12.1 Å². The van der Waals surface area contributed by atoms with Gasteiger partial charge in [-0.1, -0.05) is 23.2 Å². The summed E-state index contributed by atoms with van der Waals surface area (Å²) in [6, 6.07) is 8.80. The van der Waals surface area contributed by atoms with Crippen LogP contribution in [0, 0.1) is 0 Å². The lowest BCUT2D eigenvalue weighted by Gasteiger charge is -2.06. The Morgan fingerprint density at radius 1 is 1.00 bits per heavy atom. The second-order valence-corrected chi connectivity index (χ2v) is 5.46. The van der Waals surface area contributed by atoms with Gasteiger partial charge in [0.05, 0.1) is 21.7 Å². The van der Waals surface area contributed by atoms with Crippen LogP contribution in [0.2, 0.25) is 10.2 Å². The molecule has 8 heteroatoms. The van der Waals surface area contributed by atoms with Crippen molar-refractivity contribution in [3.63, 3.8) is 0 Å². The number of nitrogens with one attached hydrogen (secondary N) is 2. The van der Waals surface area contributed by atoms with Crippen molar-refractivity contribution in [2.45, 2.75) is 0 Å². The summed E-state index contributed by atoms with van der Waals surface area (Å²) in [4.78, 5) is 21.0. The largest absolute Gasteiger partial charge is 0.325 e. The Labute approximate surface area is 133 Å². The van der Waals surface area contributed by atoms with Crippen molar-refractivity contribution in [3.05, 3.63) is 51.0 Å². The molecule has 0 bridgehead atoms. The number of H-pyrrole nitrogens is 2. The highest BCUT2D eigenvalue weighted by molar-refractivity contribution is 6.38. The average molecular weight is 332 g/mol. The maximum Gasteiger partial charge on any atom is 0.325 e. The van der Waals surface area contributed by atoms with E-state index in [4.69, 9.17) is 23.2 Å². The van der Waals surface area contributed by atoms with Crippen molar-refractivity contribution in [2.75, 3.05) is 0 Å².